The number of ether oxygens (including phenoxy) is 1. The van der Waals surface area contributed by atoms with Gasteiger partial charge in [-0.1, -0.05) is 0 Å². The standard InChI is InChI=1S/C6H13NO2/c1-5-3-9-6(2,4-8)7-5/h5,7-8H,3-4H2,1-2H3/t5-,6?/m0/s1. The van der Waals surface area contributed by atoms with Crippen molar-refractivity contribution in [1.82, 2.24) is 5.32 Å². The summed E-state index contributed by atoms with van der Waals surface area (Å²) in [6, 6.07) is 0.363. The first-order chi connectivity index (χ1) is 4.16. The first-order valence-electron chi connectivity index (χ1n) is 3.19. The molecule has 54 valence electrons. The Bertz CT molecular complexity index is 107. The van der Waals surface area contributed by atoms with Gasteiger partial charge in [-0.05, 0) is 13.8 Å². The molecule has 9 heavy (non-hydrogen) atoms. The van der Waals surface area contributed by atoms with Crippen molar-refractivity contribution in [3.05, 3.63) is 0 Å². The van der Waals surface area contributed by atoms with Crippen LogP contribution in [0, 0.1) is 0 Å². The zero-order valence-electron chi connectivity index (χ0n) is 5.85. The molecule has 1 aliphatic rings. The molecule has 1 fully saturated rings. The molecule has 3 nitrogen and oxygen atoms in total. The van der Waals surface area contributed by atoms with E-state index < -0.39 is 5.72 Å². The average molecular weight is 131 g/mol. The highest BCUT2D eigenvalue weighted by Gasteiger charge is 2.31. The molecular formula is C6H13NO2. The maximum absolute atomic E-state index is 8.76. The van der Waals surface area contributed by atoms with Crippen LogP contribution in [0.2, 0.25) is 0 Å². The Kier molecular flexibility index (Phi) is 1.75. The minimum absolute atomic E-state index is 0.0390. The van der Waals surface area contributed by atoms with Crippen molar-refractivity contribution in [1.29, 1.82) is 0 Å². The summed E-state index contributed by atoms with van der Waals surface area (Å²) < 4.78 is 5.24. The van der Waals surface area contributed by atoms with Crippen LogP contribution in [0.3, 0.4) is 0 Å². The topological polar surface area (TPSA) is 41.5 Å². The highest BCUT2D eigenvalue weighted by molar-refractivity contribution is 4.81. The van der Waals surface area contributed by atoms with Gasteiger partial charge >= 0.3 is 0 Å². The van der Waals surface area contributed by atoms with E-state index in [2.05, 4.69) is 5.32 Å². The number of rotatable bonds is 1. The van der Waals surface area contributed by atoms with Gasteiger partial charge < -0.3 is 9.84 Å². The van der Waals surface area contributed by atoms with E-state index in [1.165, 1.54) is 0 Å². The minimum Gasteiger partial charge on any atom is -0.392 e. The molecule has 0 saturated carbocycles. The third-order valence-electron chi connectivity index (χ3n) is 1.51. The Morgan fingerprint density at radius 3 is 2.78 bits per heavy atom. The molecule has 3 heteroatoms. The van der Waals surface area contributed by atoms with Crippen LogP contribution in [0.25, 0.3) is 0 Å². The van der Waals surface area contributed by atoms with Crippen LogP contribution in [-0.4, -0.2) is 30.1 Å². The lowest BCUT2D eigenvalue weighted by Crippen LogP contribution is -2.43. The largest absolute Gasteiger partial charge is 0.392 e. The molecule has 0 bridgehead atoms. The van der Waals surface area contributed by atoms with Crippen LogP contribution in [0.4, 0.5) is 0 Å². The van der Waals surface area contributed by atoms with E-state index in [9.17, 15) is 0 Å². The second kappa shape index (κ2) is 2.25. The molecule has 0 amide bonds. The molecule has 1 saturated heterocycles. The van der Waals surface area contributed by atoms with Crippen molar-refractivity contribution < 1.29 is 9.84 Å². The molecular weight excluding hydrogens is 118 g/mol. The molecule has 1 rings (SSSR count). The molecule has 0 radical (unpaired) electrons. The van der Waals surface area contributed by atoms with Crippen LogP contribution in [-0.2, 0) is 4.74 Å². The second-order valence-electron chi connectivity index (χ2n) is 2.75. The first kappa shape index (κ1) is 6.99. The Labute approximate surface area is 55.0 Å². The highest BCUT2D eigenvalue weighted by Crippen LogP contribution is 2.13. The van der Waals surface area contributed by atoms with Crippen molar-refractivity contribution in [3.8, 4) is 0 Å². The summed E-state index contributed by atoms with van der Waals surface area (Å²) in [7, 11) is 0. The summed E-state index contributed by atoms with van der Waals surface area (Å²) in [6.45, 7) is 4.60. The Morgan fingerprint density at radius 2 is 2.56 bits per heavy atom. The summed E-state index contributed by atoms with van der Waals surface area (Å²) in [4.78, 5) is 0. The van der Waals surface area contributed by atoms with Gasteiger partial charge in [-0.2, -0.15) is 0 Å². The summed E-state index contributed by atoms with van der Waals surface area (Å²) in [6.07, 6.45) is 0. The smallest absolute Gasteiger partial charge is 0.139 e. The summed E-state index contributed by atoms with van der Waals surface area (Å²) >= 11 is 0. The van der Waals surface area contributed by atoms with Gasteiger partial charge in [0.2, 0.25) is 0 Å². The molecule has 1 heterocycles. The van der Waals surface area contributed by atoms with Crippen molar-refractivity contribution in [2.24, 2.45) is 0 Å². The number of hydrogen-bond donors (Lipinski definition) is 2. The zero-order chi connectivity index (χ0) is 6.91. The fourth-order valence-corrected chi connectivity index (χ4v) is 1.00. The van der Waals surface area contributed by atoms with E-state index >= 15 is 0 Å². The lowest BCUT2D eigenvalue weighted by atomic mass is 10.3. The summed E-state index contributed by atoms with van der Waals surface area (Å²) in [5.74, 6) is 0. The van der Waals surface area contributed by atoms with Gasteiger partial charge in [0.25, 0.3) is 0 Å². The van der Waals surface area contributed by atoms with E-state index in [4.69, 9.17) is 9.84 Å². The fourth-order valence-electron chi connectivity index (χ4n) is 1.00. The van der Waals surface area contributed by atoms with Crippen LogP contribution in [0.5, 0.6) is 0 Å². The van der Waals surface area contributed by atoms with Gasteiger partial charge in [0.15, 0.2) is 0 Å². The number of hydrogen-bond acceptors (Lipinski definition) is 3. The third kappa shape index (κ3) is 1.41. The minimum atomic E-state index is -0.487. The van der Waals surface area contributed by atoms with E-state index in [1.54, 1.807) is 0 Å². The molecule has 0 aromatic rings. The first-order valence-corrected chi connectivity index (χ1v) is 3.19. The van der Waals surface area contributed by atoms with Gasteiger partial charge in [-0.3, -0.25) is 5.32 Å². The van der Waals surface area contributed by atoms with E-state index in [1.807, 2.05) is 13.8 Å². The van der Waals surface area contributed by atoms with Crippen molar-refractivity contribution in [3.63, 3.8) is 0 Å². The molecule has 1 unspecified atom stereocenters. The number of aliphatic hydroxyl groups is 1. The van der Waals surface area contributed by atoms with E-state index in [0.29, 0.717) is 12.6 Å². The van der Waals surface area contributed by atoms with Crippen LogP contribution in [0.1, 0.15) is 13.8 Å². The van der Waals surface area contributed by atoms with Gasteiger partial charge in [-0.15, -0.1) is 0 Å². The normalized spacial score (nSPS) is 43.7. The molecule has 1 aliphatic heterocycles. The maximum atomic E-state index is 8.76. The van der Waals surface area contributed by atoms with Gasteiger partial charge in [0.05, 0.1) is 13.2 Å². The van der Waals surface area contributed by atoms with E-state index in [0.717, 1.165) is 0 Å². The second-order valence-corrected chi connectivity index (χ2v) is 2.75. The van der Waals surface area contributed by atoms with E-state index in [-0.39, 0.29) is 6.61 Å². The molecule has 0 spiro atoms. The maximum Gasteiger partial charge on any atom is 0.139 e. The van der Waals surface area contributed by atoms with Crippen LogP contribution >= 0.6 is 0 Å². The lowest BCUT2D eigenvalue weighted by Gasteiger charge is -2.20. The van der Waals surface area contributed by atoms with Crippen LogP contribution < -0.4 is 5.32 Å². The fraction of sp³-hybridized carbons (Fsp3) is 1.00. The number of nitrogens with one attached hydrogen (secondary N) is 1. The number of aliphatic hydroxyl groups excluding tert-OH is 1. The highest BCUT2D eigenvalue weighted by atomic mass is 16.5. The molecule has 0 aromatic carbocycles. The zero-order valence-corrected chi connectivity index (χ0v) is 5.85. The van der Waals surface area contributed by atoms with Gasteiger partial charge in [-0.25, -0.2) is 0 Å². The Hall–Kier alpha value is -0.120. The predicted octanol–water partition coefficient (Wildman–Crippen LogP) is -0.297. The lowest BCUT2D eigenvalue weighted by molar-refractivity contribution is -0.0366. The van der Waals surface area contributed by atoms with Gasteiger partial charge in [0.1, 0.15) is 5.72 Å². The van der Waals surface area contributed by atoms with Gasteiger partial charge in [0, 0.05) is 6.04 Å². The molecule has 2 N–H and O–H groups in total. The quantitative estimate of drug-likeness (QED) is 0.513. The molecule has 2 atom stereocenters. The predicted molar refractivity (Wildman–Crippen MR) is 34.0 cm³/mol. The molecule has 0 aromatic heterocycles. The van der Waals surface area contributed by atoms with Crippen molar-refractivity contribution in [2.75, 3.05) is 13.2 Å². The van der Waals surface area contributed by atoms with Crippen LogP contribution in [0.15, 0.2) is 0 Å². The Balaban J connectivity index is 2.45. The third-order valence-corrected chi connectivity index (χ3v) is 1.51. The van der Waals surface area contributed by atoms with Crippen molar-refractivity contribution in [2.45, 2.75) is 25.6 Å². The Morgan fingerprint density at radius 1 is 1.89 bits per heavy atom. The van der Waals surface area contributed by atoms with Crippen molar-refractivity contribution >= 4 is 0 Å². The SMILES string of the molecule is C[C@H]1COC(C)(CO)N1. The monoisotopic (exact) mass is 131 g/mol. The summed E-state index contributed by atoms with van der Waals surface area (Å²) in [5.41, 5.74) is -0.487. The molecule has 0 aliphatic carbocycles. The summed E-state index contributed by atoms with van der Waals surface area (Å²) in [5, 5.41) is 11.9. The average Bonchev–Trinajstić information content (AvgIpc) is 2.13.